The van der Waals surface area contributed by atoms with E-state index in [1.807, 2.05) is 6.92 Å². The molecule has 1 atom stereocenters. The van der Waals surface area contributed by atoms with Gasteiger partial charge in [0.25, 0.3) is 11.1 Å². The smallest absolute Gasteiger partial charge is 0.387 e. The number of hydrogen-bond donors (Lipinski definition) is 1. The second-order valence-electron chi connectivity index (χ2n) is 5.88. The van der Waals surface area contributed by atoms with Crippen LogP contribution in [0.4, 0.5) is 13.6 Å². The Hall–Kier alpha value is -2.42. The molecular weight excluding hydrogens is 378 g/mol. The van der Waals surface area contributed by atoms with E-state index in [9.17, 15) is 23.2 Å². The lowest BCUT2D eigenvalue weighted by Gasteiger charge is -2.14. The molecule has 0 aliphatic carbocycles. The molecule has 6 nitrogen and oxygen atoms in total. The van der Waals surface area contributed by atoms with Crippen LogP contribution in [0.3, 0.4) is 0 Å². The fraction of sp³-hybridized carbons (Fsp3) is 0.389. The molecule has 27 heavy (non-hydrogen) atoms. The van der Waals surface area contributed by atoms with Gasteiger partial charge in [-0.05, 0) is 42.0 Å². The Morgan fingerprint density at radius 1 is 1.30 bits per heavy atom. The van der Waals surface area contributed by atoms with Crippen LogP contribution in [0, 0.1) is 5.92 Å². The summed E-state index contributed by atoms with van der Waals surface area (Å²) < 4.78 is 28.6. The van der Waals surface area contributed by atoms with Gasteiger partial charge in [0, 0.05) is 19.0 Å². The fourth-order valence-corrected chi connectivity index (χ4v) is 3.11. The van der Waals surface area contributed by atoms with Crippen LogP contribution in [0.2, 0.25) is 0 Å². The Morgan fingerprint density at radius 3 is 2.56 bits per heavy atom. The number of ether oxygens (including phenoxy) is 1. The fourth-order valence-electron chi connectivity index (χ4n) is 2.24. The summed E-state index contributed by atoms with van der Waals surface area (Å²) in [6, 6.07) is 5.73. The van der Waals surface area contributed by atoms with Crippen LogP contribution >= 0.6 is 11.8 Å². The molecule has 1 aliphatic heterocycles. The predicted molar refractivity (Wildman–Crippen MR) is 98.2 cm³/mol. The van der Waals surface area contributed by atoms with Gasteiger partial charge in [0.15, 0.2) is 0 Å². The number of carbonyl (C=O) groups excluding carboxylic acids is 3. The van der Waals surface area contributed by atoms with E-state index >= 15 is 0 Å². The molecule has 1 N–H and O–H groups in total. The number of rotatable bonds is 8. The third-order valence-electron chi connectivity index (χ3n) is 3.97. The maximum absolute atomic E-state index is 12.4. The minimum Gasteiger partial charge on any atom is -0.435 e. The molecule has 0 bridgehead atoms. The van der Waals surface area contributed by atoms with Crippen LogP contribution in [0.25, 0.3) is 6.08 Å². The first-order chi connectivity index (χ1) is 12.8. The highest BCUT2D eigenvalue weighted by molar-refractivity contribution is 8.18. The summed E-state index contributed by atoms with van der Waals surface area (Å²) in [7, 11) is 0. The van der Waals surface area contributed by atoms with Crippen LogP contribution in [0.15, 0.2) is 29.2 Å². The van der Waals surface area contributed by atoms with Crippen LogP contribution in [0.1, 0.15) is 25.8 Å². The van der Waals surface area contributed by atoms with Crippen molar-refractivity contribution in [3.8, 4) is 5.75 Å². The highest BCUT2D eigenvalue weighted by Crippen LogP contribution is 2.32. The van der Waals surface area contributed by atoms with Crippen molar-refractivity contribution in [3.63, 3.8) is 0 Å². The number of carbonyl (C=O) groups is 3. The van der Waals surface area contributed by atoms with Gasteiger partial charge in [0.05, 0.1) is 4.91 Å². The number of benzene rings is 1. The van der Waals surface area contributed by atoms with Gasteiger partial charge >= 0.3 is 6.61 Å². The first kappa shape index (κ1) is 20.9. The largest absolute Gasteiger partial charge is 0.435 e. The molecule has 1 saturated heterocycles. The minimum absolute atomic E-state index is 0.00676. The molecular formula is C18H20F2N2O4S. The average molecular weight is 398 g/mol. The van der Waals surface area contributed by atoms with Crippen LogP contribution < -0.4 is 10.1 Å². The molecule has 1 aliphatic rings. The summed E-state index contributed by atoms with van der Waals surface area (Å²) >= 11 is 0.796. The molecule has 0 saturated carbocycles. The van der Waals surface area contributed by atoms with E-state index in [0.29, 0.717) is 12.0 Å². The molecule has 2 rings (SSSR count). The number of thioether (sulfide) groups is 1. The van der Waals surface area contributed by atoms with Crippen molar-refractivity contribution in [2.75, 3.05) is 13.1 Å². The molecule has 1 heterocycles. The Morgan fingerprint density at radius 2 is 1.96 bits per heavy atom. The quantitative estimate of drug-likeness (QED) is 0.679. The molecule has 1 aromatic carbocycles. The Kier molecular flexibility index (Phi) is 7.35. The number of imide groups is 1. The van der Waals surface area contributed by atoms with Crippen molar-refractivity contribution in [1.29, 1.82) is 0 Å². The molecule has 146 valence electrons. The minimum atomic E-state index is -2.91. The third-order valence-corrected chi connectivity index (χ3v) is 4.88. The summed E-state index contributed by atoms with van der Waals surface area (Å²) in [5, 5.41) is 2.28. The van der Waals surface area contributed by atoms with Gasteiger partial charge in [-0.3, -0.25) is 19.3 Å². The maximum atomic E-state index is 12.4. The summed E-state index contributed by atoms with van der Waals surface area (Å²) in [4.78, 5) is 37.5. The zero-order chi connectivity index (χ0) is 20.0. The van der Waals surface area contributed by atoms with E-state index in [4.69, 9.17) is 0 Å². The van der Waals surface area contributed by atoms with Crippen molar-refractivity contribution < 1.29 is 27.9 Å². The van der Waals surface area contributed by atoms with Gasteiger partial charge in [-0.25, -0.2) is 0 Å². The number of amides is 3. The molecule has 0 spiro atoms. The van der Waals surface area contributed by atoms with Crippen molar-refractivity contribution >= 4 is 34.9 Å². The van der Waals surface area contributed by atoms with E-state index < -0.39 is 17.8 Å². The number of nitrogens with one attached hydrogen (secondary N) is 1. The Labute approximate surface area is 159 Å². The first-order valence-electron chi connectivity index (χ1n) is 8.39. The normalized spacial score (nSPS) is 16.9. The third kappa shape index (κ3) is 5.78. The van der Waals surface area contributed by atoms with Gasteiger partial charge < -0.3 is 10.1 Å². The number of halogens is 2. The Bertz CT molecular complexity index is 737. The lowest BCUT2D eigenvalue weighted by Crippen LogP contribution is -2.38. The molecule has 0 aromatic heterocycles. The van der Waals surface area contributed by atoms with Gasteiger partial charge in [-0.15, -0.1) is 0 Å². The van der Waals surface area contributed by atoms with Gasteiger partial charge in [-0.2, -0.15) is 8.78 Å². The molecule has 1 aromatic rings. The van der Waals surface area contributed by atoms with Crippen molar-refractivity contribution in [3.05, 3.63) is 34.7 Å². The number of hydrogen-bond acceptors (Lipinski definition) is 5. The van der Waals surface area contributed by atoms with Crippen LogP contribution in [-0.2, 0) is 9.59 Å². The molecule has 0 radical (unpaired) electrons. The highest BCUT2D eigenvalue weighted by Gasteiger charge is 2.34. The van der Waals surface area contributed by atoms with E-state index in [1.54, 1.807) is 6.92 Å². The molecule has 3 amide bonds. The summed E-state index contributed by atoms with van der Waals surface area (Å²) in [6.45, 7) is 1.07. The van der Waals surface area contributed by atoms with E-state index in [1.165, 1.54) is 30.3 Å². The Balaban J connectivity index is 1.96. The van der Waals surface area contributed by atoms with Crippen molar-refractivity contribution in [2.24, 2.45) is 5.92 Å². The standard InChI is InChI=1S/C18H20F2N2O4S/c1-3-11(2)15(23)21-8-9-22-16(24)14(27-18(22)25)10-12-4-6-13(7-5-12)26-17(19)20/h4-7,10-11,17H,3,8-9H2,1-2H3,(H,21,23). The summed E-state index contributed by atoms with van der Waals surface area (Å²) in [5.41, 5.74) is 0.576. The summed E-state index contributed by atoms with van der Waals surface area (Å²) in [5.74, 6) is -0.689. The number of alkyl halides is 2. The average Bonchev–Trinajstić information content (AvgIpc) is 2.89. The van der Waals surface area contributed by atoms with Gasteiger partial charge in [0.1, 0.15) is 5.75 Å². The second-order valence-corrected chi connectivity index (χ2v) is 6.87. The second kappa shape index (κ2) is 9.50. The number of nitrogens with zero attached hydrogens (tertiary/aromatic N) is 1. The van der Waals surface area contributed by atoms with E-state index in [-0.39, 0.29) is 35.6 Å². The lowest BCUT2D eigenvalue weighted by atomic mass is 10.1. The van der Waals surface area contributed by atoms with Gasteiger partial charge in [0.2, 0.25) is 5.91 Å². The zero-order valence-electron chi connectivity index (χ0n) is 14.9. The molecule has 1 unspecified atom stereocenters. The highest BCUT2D eigenvalue weighted by atomic mass is 32.2. The van der Waals surface area contributed by atoms with Crippen molar-refractivity contribution in [2.45, 2.75) is 26.9 Å². The monoisotopic (exact) mass is 398 g/mol. The molecule has 1 fully saturated rings. The van der Waals surface area contributed by atoms with Crippen molar-refractivity contribution in [1.82, 2.24) is 10.2 Å². The van der Waals surface area contributed by atoms with Crippen LogP contribution in [-0.4, -0.2) is 41.7 Å². The predicted octanol–water partition coefficient (Wildman–Crippen LogP) is 3.49. The topological polar surface area (TPSA) is 75.7 Å². The maximum Gasteiger partial charge on any atom is 0.387 e. The SMILES string of the molecule is CCC(C)C(=O)NCCN1C(=O)SC(=Cc2ccc(OC(F)F)cc2)C1=O. The van der Waals surface area contributed by atoms with Crippen LogP contribution in [0.5, 0.6) is 5.75 Å². The van der Waals surface area contributed by atoms with Gasteiger partial charge in [-0.1, -0.05) is 26.0 Å². The molecule has 9 heteroatoms. The van der Waals surface area contributed by atoms with E-state index in [2.05, 4.69) is 10.1 Å². The first-order valence-corrected chi connectivity index (χ1v) is 9.21. The zero-order valence-corrected chi connectivity index (χ0v) is 15.7. The lowest BCUT2D eigenvalue weighted by molar-refractivity contribution is -0.126. The van der Waals surface area contributed by atoms with E-state index in [0.717, 1.165) is 16.7 Å². The summed E-state index contributed by atoms with van der Waals surface area (Å²) in [6.07, 6.45) is 2.21.